The smallest absolute Gasteiger partial charge is 0.221 e. The average molecular weight is 333 g/mol. The third kappa shape index (κ3) is 3.47. The molecule has 132 valence electrons. The monoisotopic (exact) mass is 333 g/mol. The predicted molar refractivity (Wildman–Crippen MR) is 88.3 cm³/mol. The van der Waals surface area contributed by atoms with Crippen molar-refractivity contribution >= 4 is 5.91 Å². The molecule has 7 nitrogen and oxygen atoms in total. The number of aromatic nitrogens is 3. The molecule has 0 aromatic carbocycles. The molecule has 7 heteroatoms. The molecule has 1 aliphatic carbocycles. The summed E-state index contributed by atoms with van der Waals surface area (Å²) in [5.74, 6) is 0.199. The van der Waals surface area contributed by atoms with Gasteiger partial charge in [-0.1, -0.05) is 24.5 Å². The molecule has 0 bridgehead atoms. The van der Waals surface area contributed by atoms with Gasteiger partial charge >= 0.3 is 0 Å². The van der Waals surface area contributed by atoms with Gasteiger partial charge in [-0.15, -0.1) is 5.10 Å². The molecule has 1 aromatic rings. The van der Waals surface area contributed by atoms with E-state index in [0.717, 1.165) is 44.6 Å². The molecule has 1 N–H and O–H groups in total. The van der Waals surface area contributed by atoms with Crippen LogP contribution >= 0.6 is 0 Å². The van der Waals surface area contributed by atoms with Crippen molar-refractivity contribution in [2.24, 2.45) is 0 Å². The Hall–Kier alpha value is -1.47. The van der Waals surface area contributed by atoms with E-state index < -0.39 is 0 Å². The molecule has 0 unspecified atom stereocenters. The molecule has 0 spiro atoms. The van der Waals surface area contributed by atoms with Crippen LogP contribution in [0.5, 0.6) is 0 Å². The fourth-order valence-corrected chi connectivity index (χ4v) is 4.25. The summed E-state index contributed by atoms with van der Waals surface area (Å²) in [6.07, 6.45) is 9.69. The number of hydrogen-bond acceptors (Lipinski definition) is 5. The van der Waals surface area contributed by atoms with Gasteiger partial charge in [-0.25, -0.2) is 4.68 Å². The fourth-order valence-electron chi connectivity index (χ4n) is 4.25. The number of rotatable bonds is 4. The lowest BCUT2D eigenvalue weighted by Crippen LogP contribution is -2.48. The number of nitrogens with one attached hydrogen (secondary N) is 1. The van der Waals surface area contributed by atoms with Crippen LogP contribution in [-0.4, -0.2) is 57.6 Å². The van der Waals surface area contributed by atoms with Crippen LogP contribution < -0.4 is 5.32 Å². The maximum absolute atomic E-state index is 12.2. The molecule has 2 fully saturated rings. The Balaban J connectivity index is 1.27. The van der Waals surface area contributed by atoms with Crippen LogP contribution in [0.1, 0.15) is 56.7 Å². The zero-order chi connectivity index (χ0) is 16.4. The number of ether oxygens (including phenoxy) is 1. The minimum absolute atomic E-state index is 0.199. The Morgan fingerprint density at radius 2 is 2.17 bits per heavy atom. The van der Waals surface area contributed by atoms with Gasteiger partial charge < -0.3 is 15.0 Å². The topological polar surface area (TPSA) is 72.3 Å². The zero-order valence-corrected chi connectivity index (χ0v) is 14.2. The number of carbonyl (C=O) groups excluding carboxylic acids is 1. The van der Waals surface area contributed by atoms with E-state index >= 15 is 0 Å². The van der Waals surface area contributed by atoms with Crippen molar-refractivity contribution in [3.8, 4) is 0 Å². The van der Waals surface area contributed by atoms with Crippen LogP contribution in [0.25, 0.3) is 0 Å². The molecule has 1 aromatic heterocycles. The van der Waals surface area contributed by atoms with Gasteiger partial charge in [0.2, 0.25) is 5.91 Å². The van der Waals surface area contributed by atoms with Crippen molar-refractivity contribution in [2.75, 3.05) is 19.6 Å². The van der Waals surface area contributed by atoms with Crippen LogP contribution in [0.15, 0.2) is 6.20 Å². The van der Waals surface area contributed by atoms with Crippen molar-refractivity contribution < 1.29 is 9.53 Å². The number of likely N-dealkylation sites (tertiary alicyclic amines) is 1. The number of nitrogens with zero attached hydrogens (tertiary/aromatic N) is 4. The van der Waals surface area contributed by atoms with Gasteiger partial charge in [-0.2, -0.15) is 0 Å². The average Bonchev–Trinajstić information content (AvgIpc) is 3.10. The lowest BCUT2D eigenvalue weighted by molar-refractivity contribution is -0.122. The van der Waals surface area contributed by atoms with Crippen molar-refractivity contribution in [3.05, 3.63) is 11.9 Å². The third-order valence-corrected chi connectivity index (χ3v) is 5.64. The Morgan fingerprint density at radius 3 is 3.04 bits per heavy atom. The standard InChI is InChI=1S/C17H27N5O2/c23-17(19-13-4-2-1-3-5-13)7-9-21-8-6-16-15(11-21)22-14(12-24-16)10-18-20-22/h10,13,15-16H,1-9,11-12H2,(H,19,23)/t15-,16-/m0/s1. The summed E-state index contributed by atoms with van der Waals surface area (Å²) in [4.78, 5) is 14.6. The summed E-state index contributed by atoms with van der Waals surface area (Å²) >= 11 is 0. The molecule has 1 saturated carbocycles. The largest absolute Gasteiger partial charge is 0.370 e. The first-order chi connectivity index (χ1) is 11.8. The van der Waals surface area contributed by atoms with Gasteiger partial charge in [0.15, 0.2) is 0 Å². The van der Waals surface area contributed by atoms with Crippen LogP contribution in [0.3, 0.4) is 0 Å². The lowest BCUT2D eigenvalue weighted by Gasteiger charge is -2.41. The van der Waals surface area contributed by atoms with E-state index in [0.29, 0.717) is 19.1 Å². The van der Waals surface area contributed by atoms with Crippen molar-refractivity contribution in [1.29, 1.82) is 0 Å². The van der Waals surface area contributed by atoms with Gasteiger partial charge in [0, 0.05) is 32.1 Å². The van der Waals surface area contributed by atoms with Gasteiger partial charge in [0.25, 0.3) is 0 Å². The first-order valence-corrected chi connectivity index (χ1v) is 9.32. The summed E-state index contributed by atoms with van der Waals surface area (Å²) < 4.78 is 7.95. The van der Waals surface area contributed by atoms with Gasteiger partial charge in [-0.3, -0.25) is 4.79 Å². The number of hydrogen-bond donors (Lipinski definition) is 1. The van der Waals surface area contributed by atoms with Crippen molar-refractivity contribution in [1.82, 2.24) is 25.2 Å². The molecule has 1 saturated heterocycles. The highest BCUT2D eigenvalue weighted by molar-refractivity contribution is 5.76. The van der Waals surface area contributed by atoms with Gasteiger partial charge in [-0.05, 0) is 19.3 Å². The molecular weight excluding hydrogens is 306 g/mol. The molecular formula is C17H27N5O2. The van der Waals surface area contributed by atoms with Crippen LogP contribution in [0.4, 0.5) is 0 Å². The summed E-state index contributed by atoms with van der Waals surface area (Å²) in [6, 6.07) is 0.632. The van der Waals surface area contributed by atoms with Crippen LogP contribution in [0, 0.1) is 0 Å². The Labute approximate surface area is 142 Å². The number of fused-ring (bicyclic) bond motifs is 3. The molecule has 2 aliphatic heterocycles. The van der Waals surface area contributed by atoms with E-state index in [4.69, 9.17) is 4.74 Å². The minimum atomic E-state index is 0.199. The van der Waals surface area contributed by atoms with Crippen molar-refractivity contribution in [2.45, 2.75) is 69.7 Å². The number of piperidine rings is 1. The van der Waals surface area contributed by atoms with Crippen LogP contribution in [-0.2, 0) is 16.1 Å². The van der Waals surface area contributed by atoms with E-state index in [9.17, 15) is 4.79 Å². The SMILES string of the molecule is O=C(CCN1CC[C@@H]2OCc3cnnn3[C@H]2C1)NC1CCCCC1. The molecule has 0 radical (unpaired) electrons. The summed E-state index contributed by atoms with van der Waals surface area (Å²) in [6.45, 7) is 3.30. The summed E-state index contributed by atoms with van der Waals surface area (Å²) in [7, 11) is 0. The number of amides is 1. The molecule has 24 heavy (non-hydrogen) atoms. The van der Waals surface area contributed by atoms with E-state index in [-0.39, 0.29) is 18.1 Å². The maximum atomic E-state index is 12.2. The second-order valence-electron chi connectivity index (χ2n) is 7.33. The van der Waals surface area contributed by atoms with E-state index in [1.165, 1.54) is 19.3 Å². The van der Waals surface area contributed by atoms with Crippen molar-refractivity contribution in [3.63, 3.8) is 0 Å². The third-order valence-electron chi connectivity index (χ3n) is 5.64. The van der Waals surface area contributed by atoms with Crippen LogP contribution in [0.2, 0.25) is 0 Å². The Bertz CT molecular complexity index is 569. The van der Waals surface area contributed by atoms with E-state index in [1.807, 2.05) is 4.68 Å². The zero-order valence-electron chi connectivity index (χ0n) is 14.2. The number of carbonyl (C=O) groups is 1. The first kappa shape index (κ1) is 16.0. The molecule has 1 amide bonds. The summed E-state index contributed by atoms with van der Waals surface area (Å²) in [5.41, 5.74) is 1.05. The molecule has 3 aliphatic rings. The maximum Gasteiger partial charge on any atom is 0.221 e. The molecule has 2 atom stereocenters. The Morgan fingerprint density at radius 1 is 1.29 bits per heavy atom. The minimum Gasteiger partial charge on any atom is -0.370 e. The second-order valence-corrected chi connectivity index (χ2v) is 7.33. The highest BCUT2D eigenvalue weighted by Crippen LogP contribution is 2.29. The molecule has 4 rings (SSSR count). The summed E-state index contributed by atoms with van der Waals surface area (Å²) in [5, 5.41) is 11.4. The second kappa shape index (κ2) is 7.19. The van der Waals surface area contributed by atoms with Gasteiger partial charge in [0.1, 0.15) is 0 Å². The highest BCUT2D eigenvalue weighted by atomic mass is 16.5. The fraction of sp³-hybridized carbons (Fsp3) is 0.824. The van der Waals surface area contributed by atoms with E-state index in [1.54, 1.807) is 6.20 Å². The Kier molecular flexibility index (Phi) is 4.80. The highest BCUT2D eigenvalue weighted by Gasteiger charge is 2.36. The molecule has 3 heterocycles. The van der Waals surface area contributed by atoms with Gasteiger partial charge in [0.05, 0.1) is 30.6 Å². The lowest BCUT2D eigenvalue weighted by atomic mass is 9.95. The quantitative estimate of drug-likeness (QED) is 0.898. The normalized spacial score (nSPS) is 28.2. The predicted octanol–water partition coefficient (Wildman–Crippen LogP) is 1.26. The first-order valence-electron chi connectivity index (χ1n) is 9.32. The van der Waals surface area contributed by atoms with E-state index in [2.05, 4.69) is 20.5 Å².